The summed E-state index contributed by atoms with van der Waals surface area (Å²) in [4.78, 5) is 0. The molecule has 0 aromatic heterocycles. The molecule has 4 rings (SSSR count). The maximum Gasteiger partial charge on any atom is 0.127 e. The number of benzene rings is 4. The Morgan fingerprint density at radius 1 is 0.406 bits per heavy atom. The fourth-order valence-electron chi connectivity index (χ4n) is 3.36. The summed E-state index contributed by atoms with van der Waals surface area (Å²) in [6, 6.07) is 25.0. The zero-order valence-corrected chi connectivity index (χ0v) is 21.7. The molecule has 4 aromatic carbocycles. The molecule has 174 valence electrons. The van der Waals surface area contributed by atoms with Gasteiger partial charge in [-0.25, -0.2) is 0 Å². The highest BCUT2D eigenvalue weighted by molar-refractivity contribution is 6.09. The van der Waals surface area contributed by atoms with Gasteiger partial charge in [-0.05, 0) is 33.7 Å². The van der Waals surface area contributed by atoms with Crippen molar-refractivity contribution in [3.05, 3.63) is 72.8 Å². The SMILES string of the molecule is CC.CC.CC.CC.COc1ccc2ccccc2c1-c1c(OC)ccc2ccccc12. The van der Waals surface area contributed by atoms with E-state index in [0.717, 1.165) is 33.4 Å². The van der Waals surface area contributed by atoms with Crippen LogP contribution in [0.4, 0.5) is 0 Å². The van der Waals surface area contributed by atoms with E-state index in [1.807, 2.05) is 67.5 Å². The molecule has 0 saturated carbocycles. The topological polar surface area (TPSA) is 18.5 Å². The van der Waals surface area contributed by atoms with Crippen molar-refractivity contribution in [2.45, 2.75) is 55.4 Å². The van der Waals surface area contributed by atoms with Crippen LogP contribution in [0.5, 0.6) is 11.5 Å². The van der Waals surface area contributed by atoms with Gasteiger partial charge in [0.05, 0.1) is 14.2 Å². The summed E-state index contributed by atoms with van der Waals surface area (Å²) in [7, 11) is 3.43. The first-order valence-corrected chi connectivity index (χ1v) is 12.0. The summed E-state index contributed by atoms with van der Waals surface area (Å²) < 4.78 is 11.4. The lowest BCUT2D eigenvalue weighted by molar-refractivity contribution is 0.411. The average Bonchev–Trinajstić information content (AvgIpc) is 2.92. The lowest BCUT2D eigenvalue weighted by Crippen LogP contribution is -1.94. The molecule has 0 unspecified atom stereocenters. The molecule has 0 saturated heterocycles. The number of fused-ring (bicyclic) bond motifs is 2. The normalized spacial score (nSPS) is 8.94. The standard InChI is InChI=1S/C22H18O2.4C2H6/c1-23-19-13-11-15-7-3-5-9-17(15)21(19)22-18-10-6-4-8-16(18)12-14-20(22)24-2;4*1-2/h3-14H,1-2H3;4*1-2H3. The highest BCUT2D eigenvalue weighted by Crippen LogP contribution is 2.45. The minimum atomic E-state index is 0.850. The molecule has 0 radical (unpaired) electrons. The van der Waals surface area contributed by atoms with E-state index in [2.05, 4.69) is 60.7 Å². The second-order valence-corrected chi connectivity index (χ2v) is 5.73. The molecule has 0 spiro atoms. The van der Waals surface area contributed by atoms with Crippen molar-refractivity contribution in [1.29, 1.82) is 0 Å². The molecule has 0 aliphatic heterocycles. The van der Waals surface area contributed by atoms with E-state index >= 15 is 0 Å². The van der Waals surface area contributed by atoms with Crippen LogP contribution in [0.2, 0.25) is 0 Å². The van der Waals surface area contributed by atoms with Crippen LogP contribution in [-0.4, -0.2) is 14.2 Å². The van der Waals surface area contributed by atoms with Crippen molar-refractivity contribution in [3.8, 4) is 22.6 Å². The minimum Gasteiger partial charge on any atom is -0.496 e. The minimum absolute atomic E-state index is 0.850. The summed E-state index contributed by atoms with van der Waals surface area (Å²) in [5.74, 6) is 1.70. The third-order valence-electron chi connectivity index (χ3n) is 4.47. The number of hydrogen-bond acceptors (Lipinski definition) is 2. The summed E-state index contributed by atoms with van der Waals surface area (Å²) in [6.07, 6.45) is 0. The van der Waals surface area contributed by atoms with E-state index in [1.54, 1.807) is 14.2 Å². The lowest BCUT2D eigenvalue weighted by Gasteiger charge is -2.17. The number of rotatable bonds is 3. The number of ether oxygens (including phenoxy) is 2. The first-order valence-electron chi connectivity index (χ1n) is 12.0. The van der Waals surface area contributed by atoms with Crippen LogP contribution in [-0.2, 0) is 0 Å². The molecule has 0 fully saturated rings. The van der Waals surface area contributed by atoms with Gasteiger partial charge in [-0.3, -0.25) is 0 Å². The van der Waals surface area contributed by atoms with Crippen LogP contribution in [0.25, 0.3) is 32.7 Å². The molecule has 0 heterocycles. The monoisotopic (exact) mass is 434 g/mol. The van der Waals surface area contributed by atoms with Crippen molar-refractivity contribution in [3.63, 3.8) is 0 Å². The Balaban J connectivity index is 0.00000109. The van der Waals surface area contributed by atoms with Crippen molar-refractivity contribution in [1.82, 2.24) is 0 Å². The molecule has 0 bridgehead atoms. The van der Waals surface area contributed by atoms with E-state index < -0.39 is 0 Å². The van der Waals surface area contributed by atoms with Crippen LogP contribution < -0.4 is 9.47 Å². The van der Waals surface area contributed by atoms with Gasteiger partial charge in [-0.2, -0.15) is 0 Å². The van der Waals surface area contributed by atoms with Crippen molar-refractivity contribution in [2.24, 2.45) is 0 Å². The Bertz CT molecular complexity index is 950. The maximum absolute atomic E-state index is 5.70. The summed E-state index contributed by atoms with van der Waals surface area (Å²) >= 11 is 0. The van der Waals surface area contributed by atoms with Crippen LogP contribution in [0, 0.1) is 0 Å². The second-order valence-electron chi connectivity index (χ2n) is 5.73. The predicted molar refractivity (Wildman–Crippen MR) is 145 cm³/mol. The zero-order valence-electron chi connectivity index (χ0n) is 21.7. The first kappa shape index (κ1) is 29.0. The maximum atomic E-state index is 5.70. The van der Waals surface area contributed by atoms with Crippen LogP contribution in [0.1, 0.15) is 55.4 Å². The predicted octanol–water partition coefficient (Wildman–Crippen LogP) is 9.78. The Labute approximate surface area is 196 Å². The van der Waals surface area contributed by atoms with Gasteiger partial charge in [0.2, 0.25) is 0 Å². The Hall–Kier alpha value is -3.00. The molecule has 0 aliphatic carbocycles. The molecule has 32 heavy (non-hydrogen) atoms. The van der Waals surface area contributed by atoms with Gasteiger partial charge < -0.3 is 9.47 Å². The Morgan fingerprint density at radius 3 is 1.03 bits per heavy atom. The molecular formula is C30H42O2. The summed E-state index contributed by atoms with van der Waals surface area (Å²) in [5.41, 5.74) is 2.15. The molecule has 4 aromatic rings. The van der Waals surface area contributed by atoms with Crippen LogP contribution in [0.15, 0.2) is 72.8 Å². The van der Waals surface area contributed by atoms with E-state index in [1.165, 1.54) is 10.8 Å². The van der Waals surface area contributed by atoms with Crippen LogP contribution in [0.3, 0.4) is 0 Å². The van der Waals surface area contributed by atoms with E-state index in [-0.39, 0.29) is 0 Å². The third kappa shape index (κ3) is 6.50. The molecule has 2 heteroatoms. The largest absolute Gasteiger partial charge is 0.496 e. The lowest BCUT2D eigenvalue weighted by atomic mass is 9.92. The number of methoxy groups -OCH3 is 2. The van der Waals surface area contributed by atoms with E-state index in [0.29, 0.717) is 0 Å². The summed E-state index contributed by atoms with van der Waals surface area (Å²) in [6.45, 7) is 16.0. The van der Waals surface area contributed by atoms with Gasteiger partial charge in [0.25, 0.3) is 0 Å². The molecule has 0 aliphatic rings. The van der Waals surface area contributed by atoms with E-state index in [9.17, 15) is 0 Å². The smallest absolute Gasteiger partial charge is 0.127 e. The van der Waals surface area contributed by atoms with Crippen molar-refractivity contribution >= 4 is 21.5 Å². The average molecular weight is 435 g/mol. The second kappa shape index (κ2) is 16.7. The van der Waals surface area contributed by atoms with E-state index in [4.69, 9.17) is 9.47 Å². The highest BCUT2D eigenvalue weighted by Gasteiger charge is 2.17. The van der Waals surface area contributed by atoms with Gasteiger partial charge in [-0.1, -0.05) is 116 Å². The number of hydrogen-bond donors (Lipinski definition) is 0. The van der Waals surface area contributed by atoms with Gasteiger partial charge in [-0.15, -0.1) is 0 Å². The molecule has 0 amide bonds. The van der Waals surface area contributed by atoms with Crippen molar-refractivity contribution in [2.75, 3.05) is 14.2 Å². The third-order valence-corrected chi connectivity index (χ3v) is 4.47. The molecule has 0 N–H and O–H groups in total. The van der Waals surface area contributed by atoms with Gasteiger partial charge >= 0.3 is 0 Å². The van der Waals surface area contributed by atoms with Crippen LogP contribution >= 0.6 is 0 Å². The molecular weight excluding hydrogens is 392 g/mol. The fourth-order valence-corrected chi connectivity index (χ4v) is 3.36. The first-order chi connectivity index (χ1) is 15.8. The highest BCUT2D eigenvalue weighted by atomic mass is 16.5. The molecule has 2 nitrogen and oxygen atoms in total. The molecule has 0 atom stereocenters. The Kier molecular flexibility index (Phi) is 15.1. The fraction of sp³-hybridized carbons (Fsp3) is 0.333. The van der Waals surface area contributed by atoms with Crippen molar-refractivity contribution < 1.29 is 9.47 Å². The van der Waals surface area contributed by atoms with Gasteiger partial charge in [0.1, 0.15) is 11.5 Å². The van der Waals surface area contributed by atoms with Gasteiger partial charge in [0, 0.05) is 11.1 Å². The summed E-state index contributed by atoms with van der Waals surface area (Å²) in [5, 5.41) is 4.68. The van der Waals surface area contributed by atoms with Gasteiger partial charge in [0.15, 0.2) is 0 Å². The zero-order chi connectivity index (χ0) is 24.5. The Morgan fingerprint density at radius 2 is 0.719 bits per heavy atom. The quantitative estimate of drug-likeness (QED) is 0.319.